The number of fused-ring (bicyclic) bond motifs is 5. The van der Waals surface area contributed by atoms with Crippen LogP contribution in [0.3, 0.4) is 0 Å². The van der Waals surface area contributed by atoms with Crippen LogP contribution in [-0.4, -0.2) is 4.98 Å². The van der Waals surface area contributed by atoms with E-state index in [4.69, 9.17) is 4.98 Å². The van der Waals surface area contributed by atoms with Gasteiger partial charge in [-0.1, -0.05) is 172 Å². The van der Waals surface area contributed by atoms with Gasteiger partial charge in [0.1, 0.15) is 0 Å². The molecular formula is C54H60N2. The van der Waals surface area contributed by atoms with Gasteiger partial charge in [0.25, 0.3) is 0 Å². The smallest absolute Gasteiger partial charge is 0.0946 e. The SMILES string of the molecule is Cc1c2ccc3cc(C(C)(C)C)cc(c(C(Nc4c(C(C)C)cccc4C(C)C)c4cccc(-c5cccc6ccccc56)n4)cc1cc(C(C)(C)C)c2)c3C. The summed E-state index contributed by atoms with van der Waals surface area (Å²) in [5.41, 5.74) is 13.3. The average molecular weight is 737 g/mol. The second kappa shape index (κ2) is 15.0. The van der Waals surface area contributed by atoms with Gasteiger partial charge in [-0.05, 0) is 126 Å². The number of hydrogen-bond donors (Lipinski definition) is 1. The molecule has 286 valence electrons. The van der Waals surface area contributed by atoms with Crippen molar-refractivity contribution in [2.45, 2.75) is 112 Å². The van der Waals surface area contributed by atoms with Gasteiger partial charge in [-0.2, -0.15) is 0 Å². The third-order valence-electron chi connectivity index (χ3n) is 11.8. The van der Waals surface area contributed by atoms with Crippen molar-refractivity contribution in [2.75, 3.05) is 5.32 Å². The molecule has 0 fully saturated rings. The van der Waals surface area contributed by atoms with Gasteiger partial charge in [0, 0.05) is 11.3 Å². The fourth-order valence-electron chi connectivity index (χ4n) is 8.21. The summed E-state index contributed by atoms with van der Waals surface area (Å²) in [7, 11) is 0. The maximum Gasteiger partial charge on any atom is 0.0946 e. The van der Waals surface area contributed by atoms with Gasteiger partial charge in [-0.25, -0.2) is 0 Å². The molecule has 7 rings (SSSR count). The van der Waals surface area contributed by atoms with E-state index < -0.39 is 0 Å². The quantitative estimate of drug-likeness (QED) is 0.176. The van der Waals surface area contributed by atoms with Crippen molar-refractivity contribution in [2.24, 2.45) is 0 Å². The molecule has 6 aromatic carbocycles. The summed E-state index contributed by atoms with van der Waals surface area (Å²) in [6.45, 7) is 27.7. The van der Waals surface area contributed by atoms with Crippen LogP contribution < -0.4 is 5.32 Å². The molecule has 2 nitrogen and oxygen atoms in total. The third-order valence-corrected chi connectivity index (χ3v) is 11.8. The summed E-state index contributed by atoms with van der Waals surface area (Å²) in [4.78, 5) is 5.64. The lowest BCUT2D eigenvalue weighted by Gasteiger charge is -2.29. The Balaban J connectivity index is 1.65. The molecule has 0 aliphatic heterocycles. The lowest BCUT2D eigenvalue weighted by Crippen LogP contribution is -2.18. The number of para-hydroxylation sites is 1. The van der Waals surface area contributed by atoms with Gasteiger partial charge < -0.3 is 5.32 Å². The highest BCUT2D eigenvalue weighted by atomic mass is 15.0. The minimum absolute atomic E-state index is 0.0127. The second-order valence-electron chi connectivity index (χ2n) is 18.6. The van der Waals surface area contributed by atoms with E-state index in [1.54, 1.807) is 0 Å². The third kappa shape index (κ3) is 7.64. The van der Waals surface area contributed by atoms with Crippen molar-refractivity contribution in [1.82, 2.24) is 4.98 Å². The van der Waals surface area contributed by atoms with Crippen LogP contribution in [0, 0.1) is 13.8 Å². The summed E-state index contributed by atoms with van der Waals surface area (Å²) in [5, 5.41) is 11.7. The predicted molar refractivity (Wildman–Crippen MR) is 244 cm³/mol. The standard InChI is InChI=1S/C54H60N2/c1-33(2)43-21-16-22-44(34(3)4)51(43)56-52(50-25-17-24-49(55-50)46-23-15-19-37-18-13-14-20-45(37)46)48-31-40-30-41(53(7,8)9)28-38(35(40)5)26-27-39-29-42(54(10,11)12)32-47(48)36(39)6/h13-34,52,56H,1-12H3. The number of aryl methyl sites for hydroxylation is 2. The number of pyridine rings is 1. The average Bonchev–Trinajstić information content (AvgIpc) is 3.15. The van der Waals surface area contributed by atoms with E-state index in [0.717, 1.165) is 17.0 Å². The molecule has 0 saturated heterocycles. The van der Waals surface area contributed by atoms with Crippen molar-refractivity contribution in [3.63, 3.8) is 0 Å². The Hall–Kier alpha value is -5.21. The molecule has 2 heteroatoms. The number of aromatic nitrogens is 1. The summed E-state index contributed by atoms with van der Waals surface area (Å²) in [6, 6.07) is 45.2. The first-order valence-corrected chi connectivity index (χ1v) is 20.6. The lowest BCUT2D eigenvalue weighted by atomic mass is 9.82. The molecule has 0 aliphatic rings. The molecule has 0 radical (unpaired) electrons. The van der Waals surface area contributed by atoms with E-state index in [1.807, 2.05) is 0 Å². The summed E-state index contributed by atoms with van der Waals surface area (Å²) in [5.74, 6) is 0.668. The van der Waals surface area contributed by atoms with Crippen LogP contribution in [0.25, 0.3) is 43.6 Å². The zero-order valence-corrected chi connectivity index (χ0v) is 35.7. The summed E-state index contributed by atoms with van der Waals surface area (Å²) < 4.78 is 0. The number of benzene rings is 5. The fourth-order valence-corrected chi connectivity index (χ4v) is 8.21. The number of hydrogen-bond acceptors (Lipinski definition) is 2. The zero-order chi connectivity index (χ0) is 40.1. The highest BCUT2D eigenvalue weighted by Crippen LogP contribution is 2.41. The molecule has 0 saturated carbocycles. The van der Waals surface area contributed by atoms with E-state index in [9.17, 15) is 0 Å². The first-order chi connectivity index (χ1) is 26.5. The van der Waals surface area contributed by atoms with Gasteiger partial charge in [0.05, 0.1) is 17.4 Å². The van der Waals surface area contributed by atoms with Crippen LogP contribution in [0.15, 0.2) is 121 Å². The largest absolute Gasteiger partial charge is 0.372 e. The Labute approximate surface area is 336 Å². The van der Waals surface area contributed by atoms with Crippen molar-refractivity contribution in [1.29, 1.82) is 0 Å². The van der Waals surface area contributed by atoms with Crippen molar-refractivity contribution in [3.05, 3.63) is 166 Å². The molecule has 1 aromatic heterocycles. The van der Waals surface area contributed by atoms with Gasteiger partial charge in [-0.15, -0.1) is 0 Å². The Morgan fingerprint density at radius 3 is 1.68 bits per heavy atom. The van der Waals surface area contributed by atoms with Crippen LogP contribution >= 0.6 is 0 Å². The molecule has 1 atom stereocenters. The molecule has 4 bridgehead atoms. The number of rotatable bonds is 7. The topological polar surface area (TPSA) is 24.9 Å². The fraction of sp³-hybridized carbons (Fsp3) is 0.315. The maximum absolute atomic E-state index is 5.64. The predicted octanol–water partition coefficient (Wildman–Crippen LogP) is 15.4. The molecule has 1 N–H and O–H groups in total. The van der Waals surface area contributed by atoms with Crippen LogP contribution in [0.4, 0.5) is 5.69 Å². The van der Waals surface area contributed by atoms with Gasteiger partial charge >= 0.3 is 0 Å². The highest BCUT2D eigenvalue weighted by Gasteiger charge is 2.26. The zero-order valence-electron chi connectivity index (χ0n) is 35.7. The molecule has 0 aliphatic carbocycles. The minimum Gasteiger partial charge on any atom is -0.372 e. The van der Waals surface area contributed by atoms with Gasteiger partial charge in [-0.3, -0.25) is 4.98 Å². The van der Waals surface area contributed by atoms with Crippen LogP contribution in [-0.2, 0) is 10.8 Å². The molecule has 56 heavy (non-hydrogen) atoms. The van der Waals surface area contributed by atoms with E-state index in [-0.39, 0.29) is 16.9 Å². The molecule has 1 unspecified atom stereocenters. The van der Waals surface area contributed by atoms with Crippen molar-refractivity contribution in [3.8, 4) is 11.3 Å². The van der Waals surface area contributed by atoms with E-state index >= 15 is 0 Å². The molecular weight excluding hydrogens is 677 g/mol. The summed E-state index contributed by atoms with van der Waals surface area (Å²) >= 11 is 0. The second-order valence-corrected chi connectivity index (χ2v) is 18.6. The number of anilines is 1. The minimum atomic E-state index is -0.270. The Kier molecular flexibility index (Phi) is 10.5. The number of nitrogens with zero attached hydrogens (tertiary/aromatic N) is 1. The van der Waals surface area contributed by atoms with Crippen LogP contribution in [0.5, 0.6) is 0 Å². The highest BCUT2D eigenvalue weighted by molar-refractivity contribution is 5.96. The van der Waals surface area contributed by atoms with E-state index in [1.165, 1.54) is 76.9 Å². The van der Waals surface area contributed by atoms with Crippen molar-refractivity contribution < 1.29 is 0 Å². The van der Waals surface area contributed by atoms with Crippen LogP contribution in [0.2, 0.25) is 0 Å². The molecule has 1 heterocycles. The Morgan fingerprint density at radius 1 is 0.482 bits per heavy atom. The molecule has 0 spiro atoms. The normalized spacial score (nSPS) is 12.9. The van der Waals surface area contributed by atoms with Crippen molar-refractivity contribution >= 4 is 38.0 Å². The Morgan fingerprint density at radius 2 is 1.04 bits per heavy atom. The monoisotopic (exact) mass is 736 g/mol. The first-order valence-electron chi connectivity index (χ1n) is 20.6. The van der Waals surface area contributed by atoms with Crippen LogP contribution in [0.1, 0.15) is 132 Å². The van der Waals surface area contributed by atoms with Gasteiger partial charge in [0.15, 0.2) is 0 Å². The maximum atomic E-state index is 5.64. The lowest BCUT2D eigenvalue weighted by molar-refractivity contribution is 0.591. The first kappa shape index (κ1) is 39.0. The van der Waals surface area contributed by atoms with E-state index in [0.29, 0.717) is 11.8 Å². The molecule has 7 aromatic rings. The molecule has 0 amide bonds. The van der Waals surface area contributed by atoms with E-state index in [2.05, 4.69) is 210 Å². The summed E-state index contributed by atoms with van der Waals surface area (Å²) in [6.07, 6.45) is 0. The van der Waals surface area contributed by atoms with Gasteiger partial charge in [0.2, 0.25) is 0 Å². The Bertz CT molecular complexity index is 2580. The number of nitrogens with one attached hydrogen (secondary N) is 1.